The summed E-state index contributed by atoms with van der Waals surface area (Å²) in [5, 5.41) is 3.45. The molecular weight excluding hydrogens is 412 g/mol. The number of hydrogen-bond donors (Lipinski definition) is 1. The number of fused-ring (bicyclic) bond motifs is 2. The van der Waals surface area contributed by atoms with E-state index < -0.39 is 17.7 Å². The second-order valence-electron chi connectivity index (χ2n) is 8.88. The van der Waals surface area contributed by atoms with Gasteiger partial charge in [-0.15, -0.1) is 0 Å². The minimum Gasteiger partial charge on any atom is -0.344 e. The number of ether oxygens (including phenoxy) is 2. The molecule has 0 aromatic carbocycles. The molecule has 1 N–H and O–H groups in total. The van der Waals surface area contributed by atoms with Gasteiger partial charge in [-0.3, -0.25) is 0 Å². The molecule has 5 aliphatic rings. The van der Waals surface area contributed by atoms with Crippen molar-refractivity contribution in [1.29, 1.82) is 0 Å². The molecule has 7 heteroatoms. The number of anilines is 1. The molecule has 0 radical (unpaired) electrons. The Bertz CT molecular complexity index is 719. The van der Waals surface area contributed by atoms with E-state index in [1.165, 1.54) is 6.42 Å². The van der Waals surface area contributed by atoms with Crippen LogP contribution in [-0.2, 0) is 19.2 Å². The SMILES string of the molecule is C[C@@H]1CC[C@H]2[C@](C)(Br)[C@@H](Nc3ccccn3)O[C@@H]3O[C@@]4(C)CC[C@@H]1[C@]32OO4. The lowest BCUT2D eigenvalue weighted by Gasteiger charge is -2.62. The molecule has 148 valence electrons. The van der Waals surface area contributed by atoms with Crippen LogP contribution in [0.25, 0.3) is 0 Å². The van der Waals surface area contributed by atoms with Gasteiger partial charge in [0.2, 0.25) is 5.79 Å². The fraction of sp³-hybridized carbons (Fsp3) is 0.750. The van der Waals surface area contributed by atoms with E-state index in [2.05, 4.69) is 40.1 Å². The Hall–Kier alpha value is -0.730. The Morgan fingerprint density at radius 1 is 1.19 bits per heavy atom. The van der Waals surface area contributed by atoms with E-state index in [0.717, 1.165) is 25.1 Å². The van der Waals surface area contributed by atoms with Crippen LogP contribution < -0.4 is 5.32 Å². The van der Waals surface area contributed by atoms with E-state index in [1.807, 2.05) is 25.1 Å². The van der Waals surface area contributed by atoms with Crippen LogP contribution in [0.5, 0.6) is 0 Å². The lowest BCUT2D eigenvalue weighted by Crippen LogP contribution is -2.74. The lowest BCUT2D eigenvalue weighted by molar-refractivity contribution is -0.568. The number of nitrogens with one attached hydrogen (secondary N) is 1. The highest BCUT2D eigenvalue weighted by Gasteiger charge is 2.72. The molecule has 0 amide bonds. The van der Waals surface area contributed by atoms with E-state index in [4.69, 9.17) is 19.2 Å². The predicted molar refractivity (Wildman–Crippen MR) is 103 cm³/mol. The maximum atomic E-state index is 6.54. The van der Waals surface area contributed by atoms with Crippen LogP contribution >= 0.6 is 15.9 Å². The molecule has 1 aromatic heterocycles. The average molecular weight is 439 g/mol. The van der Waals surface area contributed by atoms with Gasteiger partial charge in [-0.25, -0.2) is 14.8 Å². The molecule has 5 fully saturated rings. The normalized spacial score (nSPS) is 51.3. The smallest absolute Gasteiger partial charge is 0.201 e. The Morgan fingerprint density at radius 2 is 2.04 bits per heavy atom. The van der Waals surface area contributed by atoms with Crippen molar-refractivity contribution in [2.75, 3.05) is 5.32 Å². The summed E-state index contributed by atoms with van der Waals surface area (Å²) >= 11 is 4.01. The summed E-state index contributed by atoms with van der Waals surface area (Å²) in [6.07, 6.45) is 5.05. The lowest BCUT2D eigenvalue weighted by atomic mass is 9.58. The van der Waals surface area contributed by atoms with Gasteiger partial charge in [0.05, 0.1) is 4.32 Å². The van der Waals surface area contributed by atoms with Crippen LogP contribution in [0, 0.1) is 17.8 Å². The highest BCUT2D eigenvalue weighted by Crippen LogP contribution is 2.63. The number of nitrogens with zero attached hydrogens (tertiary/aromatic N) is 1. The van der Waals surface area contributed by atoms with Crippen molar-refractivity contribution in [3.05, 3.63) is 24.4 Å². The first-order valence-electron chi connectivity index (χ1n) is 9.92. The number of alkyl halides is 1. The van der Waals surface area contributed by atoms with Crippen molar-refractivity contribution >= 4 is 21.7 Å². The van der Waals surface area contributed by atoms with Crippen LogP contribution in [0.15, 0.2) is 24.4 Å². The Morgan fingerprint density at radius 3 is 2.81 bits per heavy atom. The van der Waals surface area contributed by atoms with Gasteiger partial charge >= 0.3 is 0 Å². The van der Waals surface area contributed by atoms with Crippen LogP contribution in [0.2, 0.25) is 0 Å². The summed E-state index contributed by atoms with van der Waals surface area (Å²) in [6.45, 7) is 6.45. The van der Waals surface area contributed by atoms with Gasteiger partial charge in [0.25, 0.3) is 0 Å². The largest absolute Gasteiger partial charge is 0.344 e. The fourth-order valence-electron chi connectivity index (χ4n) is 5.64. The van der Waals surface area contributed by atoms with E-state index >= 15 is 0 Å². The molecule has 1 saturated carbocycles. The topological polar surface area (TPSA) is 61.8 Å². The summed E-state index contributed by atoms with van der Waals surface area (Å²) in [6, 6.07) is 5.82. The number of aromatic nitrogens is 1. The van der Waals surface area contributed by atoms with Gasteiger partial charge in [-0.1, -0.05) is 28.9 Å². The summed E-state index contributed by atoms with van der Waals surface area (Å²) in [7, 11) is 0. The number of hydrogen-bond acceptors (Lipinski definition) is 6. The Balaban J connectivity index is 1.55. The zero-order valence-corrected chi connectivity index (χ0v) is 17.6. The third-order valence-electron chi connectivity index (χ3n) is 7.12. The molecular formula is C20H27BrN2O4. The number of rotatable bonds is 2. The molecule has 4 saturated heterocycles. The molecule has 1 spiro atoms. The molecule has 0 unspecified atom stereocenters. The second-order valence-corrected chi connectivity index (χ2v) is 10.6. The third kappa shape index (κ3) is 2.62. The maximum Gasteiger partial charge on any atom is 0.201 e. The number of halogens is 1. The van der Waals surface area contributed by atoms with Gasteiger partial charge in [-0.05, 0) is 57.1 Å². The Labute approximate surface area is 168 Å². The zero-order chi connectivity index (χ0) is 18.9. The van der Waals surface area contributed by atoms with Crippen LogP contribution in [0.3, 0.4) is 0 Å². The van der Waals surface area contributed by atoms with Crippen LogP contribution in [0.1, 0.15) is 46.5 Å². The van der Waals surface area contributed by atoms with Gasteiger partial charge < -0.3 is 14.8 Å². The maximum absolute atomic E-state index is 6.54. The molecule has 1 aromatic rings. The van der Waals surface area contributed by atoms with Gasteiger partial charge in [0.1, 0.15) is 12.0 Å². The number of pyridine rings is 1. The first-order valence-corrected chi connectivity index (χ1v) is 10.7. The van der Waals surface area contributed by atoms with E-state index in [0.29, 0.717) is 11.8 Å². The van der Waals surface area contributed by atoms with Crippen molar-refractivity contribution in [3.8, 4) is 0 Å². The van der Waals surface area contributed by atoms with Crippen molar-refractivity contribution in [2.45, 2.75) is 74.7 Å². The first kappa shape index (κ1) is 18.3. The quantitative estimate of drug-likeness (QED) is 0.550. The minimum absolute atomic E-state index is 0.189. The highest BCUT2D eigenvalue weighted by molar-refractivity contribution is 9.10. The van der Waals surface area contributed by atoms with Gasteiger partial charge in [-0.2, -0.15) is 0 Å². The third-order valence-corrected chi connectivity index (χ3v) is 8.08. The average Bonchev–Trinajstić information content (AvgIpc) is 2.86. The molecule has 4 aliphatic heterocycles. The summed E-state index contributed by atoms with van der Waals surface area (Å²) < 4.78 is 12.6. The van der Waals surface area contributed by atoms with E-state index in [-0.39, 0.29) is 16.5 Å². The fourth-order valence-corrected chi connectivity index (χ4v) is 6.45. The van der Waals surface area contributed by atoms with E-state index in [9.17, 15) is 0 Å². The summed E-state index contributed by atoms with van der Waals surface area (Å²) in [4.78, 5) is 16.5. The van der Waals surface area contributed by atoms with Crippen LogP contribution in [-0.4, -0.2) is 33.2 Å². The van der Waals surface area contributed by atoms with Crippen molar-refractivity contribution in [1.82, 2.24) is 4.98 Å². The molecule has 8 atom stereocenters. The van der Waals surface area contributed by atoms with Crippen molar-refractivity contribution in [3.63, 3.8) is 0 Å². The summed E-state index contributed by atoms with van der Waals surface area (Å²) in [5.74, 6) is 1.11. The van der Waals surface area contributed by atoms with Gasteiger partial charge in [0, 0.05) is 18.5 Å². The first-order chi connectivity index (χ1) is 12.9. The van der Waals surface area contributed by atoms with Crippen molar-refractivity contribution < 1.29 is 19.2 Å². The molecule has 6 rings (SSSR count). The monoisotopic (exact) mass is 438 g/mol. The van der Waals surface area contributed by atoms with Crippen molar-refractivity contribution in [2.24, 2.45) is 17.8 Å². The summed E-state index contributed by atoms with van der Waals surface area (Å²) in [5.41, 5.74) is -0.589. The second kappa shape index (κ2) is 6.13. The molecule has 6 nitrogen and oxygen atoms in total. The molecule has 5 heterocycles. The van der Waals surface area contributed by atoms with Gasteiger partial charge in [0.15, 0.2) is 11.9 Å². The standard InChI is InChI=1S/C20H27BrN2O4/c1-12-7-8-14-19(3,21)16(23-15-6-4-5-11-22-15)24-17-20(14)13(12)9-10-18(2,25-17)26-27-20/h4-6,11-14,16-17H,7-10H2,1-3H3,(H,22,23)/t12-,13+,14+,16+,17-,18-,19+,20-/m1/s1. The molecule has 27 heavy (non-hydrogen) atoms. The minimum atomic E-state index is -0.757. The zero-order valence-electron chi connectivity index (χ0n) is 16.0. The van der Waals surface area contributed by atoms with Crippen LogP contribution in [0.4, 0.5) is 5.82 Å². The molecule has 1 aliphatic carbocycles. The predicted octanol–water partition coefficient (Wildman–Crippen LogP) is 4.22. The molecule has 2 bridgehead atoms. The van der Waals surface area contributed by atoms with E-state index in [1.54, 1.807) is 6.20 Å². The highest BCUT2D eigenvalue weighted by atomic mass is 79.9. The Kier molecular flexibility index (Phi) is 4.16.